The van der Waals surface area contributed by atoms with E-state index in [9.17, 15) is 9.59 Å². The van der Waals surface area contributed by atoms with Gasteiger partial charge in [-0.25, -0.2) is 9.59 Å². The molecule has 110 valence electrons. The number of rotatable bonds is 4. The molecule has 0 bridgehead atoms. The van der Waals surface area contributed by atoms with Crippen LogP contribution in [-0.2, 0) is 9.53 Å². The number of aromatic nitrogens is 2. The Morgan fingerprint density at radius 2 is 2.10 bits per heavy atom. The number of hydrogen-bond donors (Lipinski definition) is 3. The first-order valence-electron chi connectivity index (χ1n) is 5.86. The van der Waals surface area contributed by atoms with E-state index < -0.39 is 18.0 Å². The van der Waals surface area contributed by atoms with Crippen molar-refractivity contribution in [2.45, 2.75) is 6.04 Å². The van der Waals surface area contributed by atoms with Crippen molar-refractivity contribution in [2.24, 2.45) is 0 Å². The second-order valence-electron chi connectivity index (χ2n) is 3.88. The first kappa shape index (κ1) is 15.1. The molecule has 2 rings (SSSR count). The number of aromatic amines is 1. The zero-order valence-electron chi connectivity index (χ0n) is 11.0. The number of hydrogen-bond acceptors (Lipinski definition) is 6. The molecule has 0 aliphatic rings. The van der Waals surface area contributed by atoms with Crippen molar-refractivity contribution < 1.29 is 14.3 Å². The molecule has 1 atom stereocenters. The summed E-state index contributed by atoms with van der Waals surface area (Å²) in [5.74, 6) is -0.564. The summed E-state index contributed by atoms with van der Waals surface area (Å²) in [4.78, 5) is 23.7. The molecular formula is C12H12N4O3S2. The Labute approximate surface area is 129 Å². The van der Waals surface area contributed by atoms with Crippen molar-refractivity contribution in [3.8, 4) is 0 Å². The number of esters is 1. The monoisotopic (exact) mass is 324 g/mol. The number of benzene rings is 1. The molecule has 1 aromatic carbocycles. The van der Waals surface area contributed by atoms with Crippen molar-refractivity contribution in [1.82, 2.24) is 15.5 Å². The van der Waals surface area contributed by atoms with E-state index in [1.807, 2.05) is 6.07 Å². The summed E-state index contributed by atoms with van der Waals surface area (Å²) in [6.45, 7) is 0. The van der Waals surface area contributed by atoms with Gasteiger partial charge in [0.1, 0.15) is 0 Å². The highest BCUT2D eigenvalue weighted by Crippen LogP contribution is 2.15. The van der Waals surface area contributed by atoms with Gasteiger partial charge in [0, 0.05) is 0 Å². The molecule has 3 N–H and O–H groups in total. The molecule has 0 aliphatic carbocycles. The molecule has 21 heavy (non-hydrogen) atoms. The number of ether oxygens (including phenoxy) is 1. The summed E-state index contributed by atoms with van der Waals surface area (Å²) >= 11 is 5.98. The van der Waals surface area contributed by atoms with Crippen LogP contribution in [-0.4, -0.2) is 29.3 Å². The number of nitrogens with one attached hydrogen (secondary N) is 3. The Balaban J connectivity index is 2.10. The van der Waals surface area contributed by atoms with Gasteiger partial charge in [0.2, 0.25) is 5.13 Å². The van der Waals surface area contributed by atoms with Crippen molar-refractivity contribution in [1.29, 1.82) is 0 Å². The molecule has 2 aromatic rings. The topological polar surface area (TPSA) is 96.1 Å². The van der Waals surface area contributed by atoms with Crippen LogP contribution in [0, 0.1) is 3.95 Å². The molecule has 2 amide bonds. The molecule has 7 nitrogen and oxygen atoms in total. The maximum absolute atomic E-state index is 11.9. The van der Waals surface area contributed by atoms with Crippen LogP contribution in [0.25, 0.3) is 0 Å². The predicted molar refractivity (Wildman–Crippen MR) is 80.7 cm³/mol. The van der Waals surface area contributed by atoms with Crippen molar-refractivity contribution in [3.05, 3.63) is 39.8 Å². The fraction of sp³-hybridized carbons (Fsp3) is 0.167. The minimum absolute atomic E-state index is 0.314. The van der Waals surface area contributed by atoms with Gasteiger partial charge in [-0.2, -0.15) is 0 Å². The van der Waals surface area contributed by atoms with Crippen LogP contribution in [0.15, 0.2) is 30.3 Å². The molecule has 9 heteroatoms. The smallest absolute Gasteiger partial charge is 0.333 e. The van der Waals surface area contributed by atoms with Crippen LogP contribution < -0.4 is 10.6 Å². The SMILES string of the molecule is COC(=O)[C@@H](NC(=O)Nc1n[nH]c(=S)s1)c1ccccc1. The molecule has 0 aliphatic heterocycles. The van der Waals surface area contributed by atoms with Crippen LogP contribution >= 0.6 is 23.6 Å². The molecule has 0 fully saturated rings. The van der Waals surface area contributed by atoms with Gasteiger partial charge in [0.15, 0.2) is 10.00 Å². The molecule has 0 radical (unpaired) electrons. The Morgan fingerprint density at radius 1 is 1.38 bits per heavy atom. The van der Waals surface area contributed by atoms with Gasteiger partial charge >= 0.3 is 12.0 Å². The Bertz CT molecular complexity index is 683. The van der Waals surface area contributed by atoms with Gasteiger partial charge in [0.25, 0.3) is 0 Å². The van der Waals surface area contributed by atoms with Crippen LogP contribution in [0.4, 0.5) is 9.93 Å². The Hall–Kier alpha value is -2.26. The first-order chi connectivity index (χ1) is 10.1. The van der Waals surface area contributed by atoms with Crippen LogP contribution in [0.3, 0.4) is 0 Å². The Morgan fingerprint density at radius 3 is 2.67 bits per heavy atom. The maximum Gasteiger partial charge on any atom is 0.333 e. The maximum atomic E-state index is 11.9. The Kier molecular flexibility index (Phi) is 5.01. The van der Waals surface area contributed by atoms with E-state index in [-0.39, 0.29) is 0 Å². The third-order valence-electron chi connectivity index (χ3n) is 2.50. The molecule has 0 unspecified atom stereocenters. The molecule has 0 saturated carbocycles. The van der Waals surface area contributed by atoms with E-state index in [1.165, 1.54) is 7.11 Å². The van der Waals surface area contributed by atoms with Crippen LogP contribution in [0.1, 0.15) is 11.6 Å². The standard InChI is InChI=1S/C12H12N4O3S2/c1-19-9(17)8(7-5-3-2-4-6-7)13-10(18)14-11-15-16-12(20)21-11/h2-6,8H,1H3,(H,16,20)(H2,13,14,15,18)/t8-/m0/s1. The van der Waals surface area contributed by atoms with Crippen LogP contribution in [0.5, 0.6) is 0 Å². The molecule has 0 spiro atoms. The fourth-order valence-corrected chi connectivity index (χ4v) is 2.37. The lowest BCUT2D eigenvalue weighted by Crippen LogP contribution is -2.37. The quantitative estimate of drug-likeness (QED) is 0.592. The lowest BCUT2D eigenvalue weighted by molar-refractivity contribution is -0.143. The van der Waals surface area contributed by atoms with E-state index in [0.29, 0.717) is 14.6 Å². The number of carbonyl (C=O) groups excluding carboxylic acids is 2. The van der Waals surface area contributed by atoms with E-state index >= 15 is 0 Å². The minimum atomic E-state index is -0.900. The molecule has 1 heterocycles. The average Bonchev–Trinajstić information content (AvgIpc) is 2.90. The third kappa shape index (κ3) is 4.10. The zero-order chi connectivity index (χ0) is 15.2. The van der Waals surface area contributed by atoms with Gasteiger partial charge in [-0.05, 0) is 17.8 Å². The highest BCUT2D eigenvalue weighted by Gasteiger charge is 2.23. The molecule has 0 saturated heterocycles. The van der Waals surface area contributed by atoms with Crippen molar-refractivity contribution >= 4 is 40.7 Å². The summed E-state index contributed by atoms with van der Waals surface area (Å²) < 4.78 is 5.15. The summed E-state index contributed by atoms with van der Waals surface area (Å²) in [6, 6.07) is 7.32. The van der Waals surface area contributed by atoms with E-state index in [1.54, 1.807) is 24.3 Å². The number of urea groups is 1. The van der Waals surface area contributed by atoms with Crippen molar-refractivity contribution in [2.75, 3.05) is 12.4 Å². The number of nitrogens with zero attached hydrogens (tertiary/aromatic N) is 1. The zero-order valence-corrected chi connectivity index (χ0v) is 12.6. The van der Waals surface area contributed by atoms with E-state index in [2.05, 4.69) is 20.8 Å². The predicted octanol–water partition coefficient (Wildman–Crippen LogP) is 2.24. The van der Waals surface area contributed by atoms with Gasteiger partial charge < -0.3 is 10.1 Å². The fourth-order valence-electron chi connectivity index (χ4n) is 1.59. The second kappa shape index (κ2) is 6.95. The number of methoxy groups -OCH3 is 1. The van der Waals surface area contributed by atoms with Gasteiger partial charge in [-0.3, -0.25) is 10.4 Å². The largest absolute Gasteiger partial charge is 0.467 e. The summed E-state index contributed by atoms with van der Waals surface area (Å²) in [5, 5.41) is 11.7. The molecule has 1 aromatic heterocycles. The normalized spacial score (nSPS) is 11.5. The van der Waals surface area contributed by atoms with Gasteiger partial charge in [0.05, 0.1) is 7.11 Å². The lowest BCUT2D eigenvalue weighted by Gasteiger charge is -2.16. The highest BCUT2D eigenvalue weighted by atomic mass is 32.1. The van der Waals surface area contributed by atoms with Gasteiger partial charge in [-0.1, -0.05) is 41.7 Å². The third-order valence-corrected chi connectivity index (χ3v) is 3.51. The number of anilines is 1. The number of amides is 2. The summed E-state index contributed by atoms with van der Waals surface area (Å²) in [6.07, 6.45) is 0. The minimum Gasteiger partial charge on any atom is -0.467 e. The first-order valence-corrected chi connectivity index (χ1v) is 7.08. The number of H-pyrrole nitrogens is 1. The lowest BCUT2D eigenvalue weighted by atomic mass is 10.1. The summed E-state index contributed by atoms with van der Waals surface area (Å²) in [7, 11) is 1.26. The average molecular weight is 324 g/mol. The van der Waals surface area contributed by atoms with Gasteiger partial charge in [-0.15, -0.1) is 5.10 Å². The number of carbonyl (C=O) groups is 2. The van der Waals surface area contributed by atoms with Crippen molar-refractivity contribution in [3.63, 3.8) is 0 Å². The highest BCUT2D eigenvalue weighted by molar-refractivity contribution is 7.73. The summed E-state index contributed by atoms with van der Waals surface area (Å²) in [5.41, 5.74) is 0.620. The van der Waals surface area contributed by atoms with E-state index in [0.717, 1.165) is 11.3 Å². The second-order valence-corrected chi connectivity index (χ2v) is 5.55. The van der Waals surface area contributed by atoms with Crippen LogP contribution in [0.2, 0.25) is 0 Å². The molecular weight excluding hydrogens is 312 g/mol. The van der Waals surface area contributed by atoms with E-state index in [4.69, 9.17) is 17.0 Å².